The van der Waals surface area contributed by atoms with Crippen molar-refractivity contribution in [2.75, 3.05) is 25.8 Å². The largest absolute Gasteiger partial charge is 0.454 e. The Kier molecular flexibility index (Phi) is 3.60. The van der Waals surface area contributed by atoms with E-state index in [1.165, 1.54) is 0 Å². The minimum Gasteiger partial charge on any atom is -0.454 e. The van der Waals surface area contributed by atoms with Gasteiger partial charge in [-0.25, -0.2) is 4.98 Å². The summed E-state index contributed by atoms with van der Waals surface area (Å²) in [6, 6.07) is 6.18. The number of hydrogen-bond acceptors (Lipinski definition) is 5. The molecule has 0 radical (unpaired) electrons. The fourth-order valence-corrected chi connectivity index (χ4v) is 2.33. The van der Waals surface area contributed by atoms with Gasteiger partial charge in [0.1, 0.15) is 5.82 Å². The maximum atomic E-state index is 5.44. The predicted molar refractivity (Wildman–Crippen MR) is 77.4 cm³/mol. The molecule has 20 heavy (non-hydrogen) atoms. The van der Waals surface area contributed by atoms with Gasteiger partial charge in [0.25, 0.3) is 0 Å². The van der Waals surface area contributed by atoms with E-state index in [-0.39, 0.29) is 12.8 Å². The van der Waals surface area contributed by atoms with Gasteiger partial charge in [-0.3, -0.25) is 0 Å². The van der Waals surface area contributed by atoms with E-state index in [1.807, 2.05) is 18.2 Å². The maximum Gasteiger partial charge on any atom is 0.231 e. The van der Waals surface area contributed by atoms with Crippen LogP contribution in [0, 0.1) is 0 Å². The Bertz CT molecular complexity index is 615. The van der Waals surface area contributed by atoms with E-state index in [0.717, 1.165) is 34.5 Å². The van der Waals surface area contributed by atoms with Crippen LogP contribution in [0.2, 0.25) is 0 Å². The Morgan fingerprint density at radius 1 is 1.35 bits per heavy atom. The standard InChI is InChI=1S/C15H18N2O3/c1-3-11(8-18-2)17-15-12-7-14-13(19-9-20-14)6-10(12)4-5-16-15/h4-7,11H,3,8-9H2,1-2H3,(H,16,17). The summed E-state index contributed by atoms with van der Waals surface area (Å²) in [4.78, 5) is 4.44. The lowest BCUT2D eigenvalue weighted by atomic mass is 10.1. The van der Waals surface area contributed by atoms with Crippen molar-refractivity contribution in [3.05, 3.63) is 24.4 Å². The molecule has 1 aliphatic rings. The Balaban J connectivity index is 1.98. The zero-order valence-corrected chi connectivity index (χ0v) is 11.7. The lowest BCUT2D eigenvalue weighted by Gasteiger charge is -2.17. The van der Waals surface area contributed by atoms with Crippen LogP contribution in [0.25, 0.3) is 10.8 Å². The first-order valence-electron chi connectivity index (χ1n) is 6.75. The second kappa shape index (κ2) is 5.54. The number of benzene rings is 1. The molecule has 1 aromatic carbocycles. The molecule has 5 nitrogen and oxygen atoms in total. The van der Waals surface area contributed by atoms with Crippen molar-refractivity contribution in [2.24, 2.45) is 0 Å². The molecule has 3 rings (SSSR count). The lowest BCUT2D eigenvalue weighted by molar-refractivity contribution is 0.174. The van der Waals surface area contributed by atoms with Crippen LogP contribution < -0.4 is 14.8 Å². The molecule has 106 valence electrons. The van der Waals surface area contributed by atoms with E-state index >= 15 is 0 Å². The zero-order chi connectivity index (χ0) is 13.9. The van der Waals surface area contributed by atoms with Crippen LogP contribution in [-0.4, -0.2) is 31.5 Å². The Morgan fingerprint density at radius 3 is 2.90 bits per heavy atom. The van der Waals surface area contributed by atoms with Gasteiger partial charge in [0, 0.05) is 18.7 Å². The highest BCUT2D eigenvalue weighted by molar-refractivity contribution is 5.94. The van der Waals surface area contributed by atoms with E-state index in [2.05, 4.69) is 17.2 Å². The Hall–Kier alpha value is -2.01. The van der Waals surface area contributed by atoms with Gasteiger partial charge in [0.05, 0.1) is 12.6 Å². The number of anilines is 1. The molecule has 5 heteroatoms. The highest BCUT2D eigenvalue weighted by atomic mass is 16.7. The molecule has 2 aromatic rings. The average Bonchev–Trinajstić information content (AvgIpc) is 2.92. The quantitative estimate of drug-likeness (QED) is 0.908. The normalized spacial score (nSPS) is 14.5. The van der Waals surface area contributed by atoms with E-state index in [9.17, 15) is 0 Å². The molecule has 0 saturated carbocycles. The van der Waals surface area contributed by atoms with Gasteiger partial charge in [-0.05, 0) is 30.0 Å². The molecule has 0 spiro atoms. The fraction of sp³-hybridized carbons (Fsp3) is 0.400. The number of fused-ring (bicyclic) bond motifs is 2. The summed E-state index contributed by atoms with van der Waals surface area (Å²) in [5.41, 5.74) is 0. The van der Waals surface area contributed by atoms with Crippen LogP contribution in [-0.2, 0) is 4.74 Å². The van der Waals surface area contributed by atoms with Crippen molar-refractivity contribution in [1.82, 2.24) is 4.98 Å². The van der Waals surface area contributed by atoms with Crippen molar-refractivity contribution in [3.8, 4) is 11.5 Å². The molecule has 0 aliphatic carbocycles. The number of rotatable bonds is 5. The third kappa shape index (κ3) is 2.36. The molecular weight excluding hydrogens is 256 g/mol. The summed E-state index contributed by atoms with van der Waals surface area (Å²) in [5.74, 6) is 2.41. The first-order chi connectivity index (χ1) is 9.81. The van der Waals surface area contributed by atoms with Crippen molar-refractivity contribution in [2.45, 2.75) is 19.4 Å². The van der Waals surface area contributed by atoms with E-state index in [0.29, 0.717) is 6.61 Å². The number of nitrogens with one attached hydrogen (secondary N) is 1. The monoisotopic (exact) mass is 274 g/mol. The second-order valence-electron chi connectivity index (χ2n) is 4.79. The van der Waals surface area contributed by atoms with E-state index in [1.54, 1.807) is 13.3 Å². The van der Waals surface area contributed by atoms with Crippen LogP contribution in [0.15, 0.2) is 24.4 Å². The van der Waals surface area contributed by atoms with Gasteiger partial charge in [-0.2, -0.15) is 0 Å². The summed E-state index contributed by atoms with van der Waals surface area (Å²) < 4.78 is 16.1. The topological polar surface area (TPSA) is 52.6 Å². The number of aromatic nitrogens is 1. The Labute approximate surface area is 117 Å². The number of hydrogen-bond donors (Lipinski definition) is 1. The van der Waals surface area contributed by atoms with Crippen LogP contribution in [0.4, 0.5) is 5.82 Å². The molecule has 1 unspecified atom stereocenters. The molecule has 1 aromatic heterocycles. The summed E-state index contributed by atoms with van der Waals surface area (Å²) in [7, 11) is 1.71. The van der Waals surface area contributed by atoms with Crippen molar-refractivity contribution < 1.29 is 14.2 Å². The fourth-order valence-electron chi connectivity index (χ4n) is 2.33. The van der Waals surface area contributed by atoms with Crippen molar-refractivity contribution >= 4 is 16.6 Å². The maximum absolute atomic E-state index is 5.44. The third-order valence-electron chi connectivity index (χ3n) is 3.46. The van der Waals surface area contributed by atoms with Crippen LogP contribution in [0.5, 0.6) is 11.5 Å². The summed E-state index contributed by atoms with van der Waals surface area (Å²) in [6.45, 7) is 3.05. The summed E-state index contributed by atoms with van der Waals surface area (Å²) in [5, 5.41) is 5.55. The predicted octanol–water partition coefficient (Wildman–Crippen LogP) is 2.80. The van der Waals surface area contributed by atoms with E-state index in [4.69, 9.17) is 14.2 Å². The average molecular weight is 274 g/mol. The minimum absolute atomic E-state index is 0.239. The van der Waals surface area contributed by atoms with Crippen LogP contribution in [0.3, 0.4) is 0 Å². The van der Waals surface area contributed by atoms with Gasteiger partial charge in [0.15, 0.2) is 11.5 Å². The zero-order valence-electron chi connectivity index (χ0n) is 11.7. The van der Waals surface area contributed by atoms with Gasteiger partial charge in [0.2, 0.25) is 6.79 Å². The highest BCUT2D eigenvalue weighted by Gasteiger charge is 2.16. The Morgan fingerprint density at radius 2 is 2.15 bits per heavy atom. The summed E-state index contributed by atoms with van der Waals surface area (Å²) >= 11 is 0. The van der Waals surface area contributed by atoms with Crippen molar-refractivity contribution in [1.29, 1.82) is 0 Å². The molecule has 0 fully saturated rings. The van der Waals surface area contributed by atoms with Gasteiger partial charge in [-0.15, -0.1) is 0 Å². The molecular formula is C15H18N2O3. The molecule has 0 amide bonds. The van der Waals surface area contributed by atoms with Gasteiger partial charge < -0.3 is 19.5 Å². The second-order valence-corrected chi connectivity index (χ2v) is 4.79. The van der Waals surface area contributed by atoms with Gasteiger partial charge >= 0.3 is 0 Å². The third-order valence-corrected chi connectivity index (χ3v) is 3.46. The van der Waals surface area contributed by atoms with E-state index < -0.39 is 0 Å². The molecule has 0 bridgehead atoms. The van der Waals surface area contributed by atoms with Crippen molar-refractivity contribution in [3.63, 3.8) is 0 Å². The van der Waals surface area contributed by atoms with Crippen LogP contribution >= 0.6 is 0 Å². The molecule has 1 atom stereocenters. The first-order valence-corrected chi connectivity index (χ1v) is 6.75. The first kappa shape index (κ1) is 13.0. The molecule has 1 N–H and O–H groups in total. The SMILES string of the molecule is CCC(COC)Nc1nccc2cc3c(cc12)OCO3. The molecule has 0 saturated heterocycles. The number of pyridine rings is 1. The lowest BCUT2D eigenvalue weighted by Crippen LogP contribution is -2.24. The minimum atomic E-state index is 0.239. The number of methoxy groups -OCH3 is 1. The molecule has 1 aliphatic heterocycles. The van der Waals surface area contributed by atoms with Gasteiger partial charge in [-0.1, -0.05) is 6.92 Å². The highest BCUT2D eigenvalue weighted by Crippen LogP contribution is 2.37. The number of nitrogens with zero attached hydrogens (tertiary/aromatic N) is 1. The van der Waals surface area contributed by atoms with Crippen LogP contribution in [0.1, 0.15) is 13.3 Å². The molecule has 2 heterocycles. The number of ether oxygens (including phenoxy) is 3. The summed E-state index contributed by atoms with van der Waals surface area (Å²) in [6.07, 6.45) is 2.77. The smallest absolute Gasteiger partial charge is 0.231 e.